The Hall–Kier alpha value is -1.68. The molecule has 0 saturated carbocycles. The number of nitrogens with zero attached hydrogens (tertiary/aromatic N) is 3. The molecule has 1 unspecified atom stereocenters. The fourth-order valence-corrected chi connectivity index (χ4v) is 2.54. The van der Waals surface area contributed by atoms with Crippen LogP contribution in [0.1, 0.15) is 30.1 Å². The Morgan fingerprint density at radius 2 is 2.12 bits per heavy atom. The molecule has 1 atom stereocenters. The van der Waals surface area contributed by atoms with Crippen molar-refractivity contribution < 1.29 is 0 Å². The minimum absolute atomic E-state index is 0.491. The van der Waals surface area contributed by atoms with Crippen LogP contribution in [0.25, 0.3) is 0 Å². The second-order valence-electron chi connectivity index (χ2n) is 4.50. The molecule has 3 rings (SSSR count). The zero-order valence-electron chi connectivity index (χ0n) is 9.71. The molecule has 4 heteroatoms. The monoisotopic (exact) mass is 228 g/mol. The quantitative estimate of drug-likeness (QED) is 0.875. The molecule has 1 N–H and O–H groups in total. The van der Waals surface area contributed by atoms with Crippen molar-refractivity contribution in [2.24, 2.45) is 0 Å². The van der Waals surface area contributed by atoms with Gasteiger partial charge in [0, 0.05) is 25.1 Å². The number of pyridine rings is 1. The van der Waals surface area contributed by atoms with Crippen LogP contribution in [0.3, 0.4) is 0 Å². The van der Waals surface area contributed by atoms with E-state index < -0.39 is 0 Å². The highest BCUT2D eigenvalue weighted by Gasteiger charge is 2.26. The summed E-state index contributed by atoms with van der Waals surface area (Å²) in [5, 5.41) is 7.14. The predicted molar refractivity (Wildman–Crippen MR) is 65.2 cm³/mol. The van der Waals surface area contributed by atoms with Crippen LogP contribution in [0.5, 0.6) is 0 Å². The maximum absolute atomic E-state index is 4.05. The van der Waals surface area contributed by atoms with Gasteiger partial charge in [-0.15, -0.1) is 0 Å². The third-order valence-corrected chi connectivity index (χ3v) is 3.38. The number of aromatic nitrogens is 3. The number of hydrogen-bond donors (Lipinski definition) is 1. The molecule has 1 aliphatic heterocycles. The fraction of sp³-hybridized carbons (Fsp3) is 0.385. The smallest absolute Gasteiger partial charge is 0.0523 e. The molecule has 2 aromatic heterocycles. The van der Waals surface area contributed by atoms with Gasteiger partial charge >= 0.3 is 0 Å². The molecule has 0 amide bonds. The molecule has 88 valence electrons. The topological polar surface area (TPSA) is 44.8 Å². The number of H-pyrrole nitrogens is 1. The summed E-state index contributed by atoms with van der Waals surface area (Å²) in [6.07, 6.45) is 8.02. The van der Waals surface area contributed by atoms with Crippen molar-refractivity contribution in [3.8, 4) is 0 Å². The first-order valence-electron chi connectivity index (χ1n) is 6.06. The highest BCUT2D eigenvalue weighted by atomic mass is 15.2. The van der Waals surface area contributed by atoms with Crippen LogP contribution in [-0.2, 0) is 6.54 Å². The molecule has 3 heterocycles. The van der Waals surface area contributed by atoms with E-state index in [4.69, 9.17) is 0 Å². The van der Waals surface area contributed by atoms with Gasteiger partial charge in [0.05, 0.1) is 11.7 Å². The Morgan fingerprint density at radius 3 is 2.88 bits per heavy atom. The van der Waals surface area contributed by atoms with Crippen LogP contribution in [0.2, 0.25) is 0 Å². The highest BCUT2D eigenvalue weighted by molar-refractivity contribution is 5.12. The van der Waals surface area contributed by atoms with Gasteiger partial charge in [-0.05, 0) is 43.1 Å². The van der Waals surface area contributed by atoms with Crippen LogP contribution in [0.15, 0.2) is 36.8 Å². The van der Waals surface area contributed by atoms with E-state index in [0.29, 0.717) is 6.04 Å². The number of likely N-dealkylation sites (tertiary alicyclic amines) is 1. The van der Waals surface area contributed by atoms with Gasteiger partial charge in [0.15, 0.2) is 0 Å². The molecular formula is C13H16N4. The largest absolute Gasteiger partial charge is 0.291 e. The summed E-state index contributed by atoms with van der Waals surface area (Å²) in [4.78, 5) is 6.56. The summed E-state index contributed by atoms with van der Waals surface area (Å²) in [6, 6.07) is 6.74. The molecule has 1 fully saturated rings. The Balaban J connectivity index is 1.75. The van der Waals surface area contributed by atoms with Gasteiger partial charge in [-0.1, -0.05) is 0 Å². The van der Waals surface area contributed by atoms with Crippen molar-refractivity contribution in [1.82, 2.24) is 20.1 Å². The lowest BCUT2D eigenvalue weighted by molar-refractivity contribution is 0.244. The van der Waals surface area contributed by atoms with Gasteiger partial charge in [-0.2, -0.15) is 5.10 Å². The lowest BCUT2D eigenvalue weighted by Gasteiger charge is -2.23. The van der Waals surface area contributed by atoms with Crippen molar-refractivity contribution in [2.45, 2.75) is 25.4 Å². The summed E-state index contributed by atoms with van der Waals surface area (Å²) >= 11 is 0. The zero-order chi connectivity index (χ0) is 11.5. The molecule has 0 spiro atoms. The first-order valence-corrected chi connectivity index (χ1v) is 6.06. The summed E-state index contributed by atoms with van der Waals surface area (Å²) in [5.74, 6) is 0. The first-order chi connectivity index (χ1) is 8.43. The average molecular weight is 228 g/mol. The lowest BCUT2D eigenvalue weighted by atomic mass is 10.1. The number of nitrogens with one attached hydrogen (secondary N) is 1. The van der Waals surface area contributed by atoms with Gasteiger partial charge in [0.25, 0.3) is 0 Å². The van der Waals surface area contributed by atoms with Crippen LogP contribution in [0, 0.1) is 0 Å². The average Bonchev–Trinajstić information content (AvgIpc) is 3.00. The maximum Gasteiger partial charge on any atom is 0.0523 e. The van der Waals surface area contributed by atoms with Gasteiger partial charge in [0.1, 0.15) is 0 Å². The zero-order valence-corrected chi connectivity index (χ0v) is 9.71. The Labute approximate surface area is 101 Å². The SMILES string of the molecule is c1cc(CN2CCCC2c2ccn[nH]2)ccn1. The van der Waals surface area contributed by atoms with E-state index in [1.807, 2.05) is 18.6 Å². The Bertz CT molecular complexity index is 452. The Kier molecular flexibility index (Phi) is 2.88. The van der Waals surface area contributed by atoms with Gasteiger partial charge in [0.2, 0.25) is 0 Å². The van der Waals surface area contributed by atoms with Crippen molar-refractivity contribution >= 4 is 0 Å². The normalized spacial score (nSPS) is 20.8. The predicted octanol–water partition coefficient (Wildman–Crippen LogP) is 2.14. The van der Waals surface area contributed by atoms with E-state index in [1.54, 1.807) is 0 Å². The van der Waals surface area contributed by atoms with E-state index in [2.05, 4.69) is 38.3 Å². The standard InChI is InChI=1S/C13H16N4/c1-2-13(12-5-8-15-16-12)17(9-1)10-11-3-6-14-7-4-11/h3-8,13H,1-2,9-10H2,(H,15,16). The number of aromatic amines is 1. The third-order valence-electron chi connectivity index (χ3n) is 3.38. The summed E-state index contributed by atoms with van der Waals surface area (Å²) < 4.78 is 0. The molecule has 1 aliphatic rings. The molecular weight excluding hydrogens is 212 g/mol. The van der Waals surface area contributed by atoms with Crippen LogP contribution < -0.4 is 0 Å². The highest BCUT2D eigenvalue weighted by Crippen LogP contribution is 2.31. The van der Waals surface area contributed by atoms with E-state index in [-0.39, 0.29) is 0 Å². The maximum atomic E-state index is 4.05. The van der Waals surface area contributed by atoms with Gasteiger partial charge in [-0.3, -0.25) is 15.0 Å². The van der Waals surface area contributed by atoms with Crippen LogP contribution in [-0.4, -0.2) is 26.6 Å². The molecule has 0 bridgehead atoms. The molecule has 0 radical (unpaired) electrons. The molecule has 1 saturated heterocycles. The van der Waals surface area contributed by atoms with Crippen molar-refractivity contribution in [3.05, 3.63) is 48.0 Å². The van der Waals surface area contributed by atoms with Crippen molar-refractivity contribution in [3.63, 3.8) is 0 Å². The van der Waals surface area contributed by atoms with E-state index in [0.717, 1.165) is 13.1 Å². The van der Waals surface area contributed by atoms with Crippen LogP contribution in [0.4, 0.5) is 0 Å². The molecule has 0 aromatic carbocycles. The van der Waals surface area contributed by atoms with E-state index >= 15 is 0 Å². The minimum Gasteiger partial charge on any atom is -0.291 e. The molecule has 4 nitrogen and oxygen atoms in total. The summed E-state index contributed by atoms with van der Waals surface area (Å²) in [5.41, 5.74) is 2.56. The number of hydrogen-bond acceptors (Lipinski definition) is 3. The number of rotatable bonds is 3. The fourth-order valence-electron chi connectivity index (χ4n) is 2.54. The summed E-state index contributed by atoms with van der Waals surface area (Å²) in [6.45, 7) is 2.15. The Morgan fingerprint density at radius 1 is 1.24 bits per heavy atom. The molecule has 0 aliphatic carbocycles. The van der Waals surface area contributed by atoms with Gasteiger partial charge < -0.3 is 0 Å². The van der Waals surface area contributed by atoms with Crippen molar-refractivity contribution in [2.75, 3.05) is 6.54 Å². The minimum atomic E-state index is 0.491. The van der Waals surface area contributed by atoms with Crippen molar-refractivity contribution in [1.29, 1.82) is 0 Å². The van der Waals surface area contributed by atoms with E-state index in [9.17, 15) is 0 Å². The summed E-state index contributed by atoms with van der Waals surface area (Å²) in [7, 11) is 0. The second kappa shape index (κ2) is 4.67. The van der Waals surface area contributed by atoms with Gasteiger partial charge in [-0.25, -0.2) is 0 Å². The molecule has 2 aromatic rings. The lowest BCUT2D eigenvalue weighted by Crippen LogP contribution is -2.23. The molecule has 17 heavy (non-hydrogen) atoms. The third kappa shape index (κ3) is 2.22. The van der Waals surface area contributed by atoms with Crippen LogP contribution >= 0.6 is 0 Å². The second-order valence-corrected chi connectivity index (χ2v) is 4.50. The van der Waals surface area contributed by atoms with E-state index in [1.165, 1.54) is 24.1 Å². The first kappa shape index (κ1) is 10.5.